The number of carbonyl (C=O) groups excluding carboxylic acids is 1. The predicted octanol–water partition coefficient (Wildman–Crippen LogP) is 4.88. The lowest BCUT2D eigenvalue weighted by Crippen LogP contribution is -2.15. The third kappa shape index (κ3) is 4.37. The number of hydrogen-bond donors (Lipinski definition) is 2. The molecule has 0 aliphatic heterocycles. The molecule has 4 nitrogen and oxygen atoms in total. The number of carbonyl (C=O) groups is 2. The molecule has 0 heterocycles. The lowest BCUT2D eigenvalue weighted by Gasteiger charge is -2.10. The van der Waals surface area contributed by atoms with Gasteiger partial charge in [0, 0.05) is 10.5 Å². The van der Waals surface area contributed by atoms with Crippen molar-refractivity contribution >= 4 is 50.3 Å². The Morgan fingerprint density at radius 2 is 1.81 bits per heavy atom. The zero-order valence-corrected chi connectivity index (χ0v) is 15.4. The van der Waals surface area contributed by atoms with E-state index in [4.69, 9.17) is 5.11 Å². The minimum Gasteiger partial charge on any atom is -0.478 e. The lowest BCUT2D eigenvalue weighted by molar-refractivity contribution is -0.131. The van der Waals surface area contributed by atoms with Gasteiger partial charge in [0.25, 0.3) is 0 Å². The number of hydrogen-bond acceptors (Lipinski definition) is 2. The first-order chi connectivity index (χ1) is 12.5. The van der Waals surface area contributed by atoms with Crippen molar-refractivity contribution in [2.24, 2.45) is 0 Å². The van der Waals surface area contributed by atoms with Crippen LogP contribution in [0, 0.1) is 0 Å². The van der Waals surface area contributed by atoms with Crippen LogP contribution in [0.4, 0.5) is 5.69 Å². The van der Waals surface area contributed by atoms with Gasteiger partial charge in [-0.25, -0.2) is 4.79 Å². The summed E-state index contributed by atoms with van der Waals surface area (Å²) in [7, 11) is 0. The van der Waals surface area contributed by atoms with Crippen molar-refractivity contribution in [1.29, 1.82) is 0 Å². The summed E-state index contributed by atoms with van der Waals surface area (Å²) in [5, 5.41) is 13.7. The van der Waals surface area contributed by atoms with Gasteiger partial charge in [-0.1, -0.05) is 48.5 Å². The molecule has 0 bridgehead atoms. The molecule has 0 aliphatic carbocycles. The minimum atomic E-state index is -1.01. The van der Waals surface area contributed by atoms with Crippen LogP contribution in [-0.4, -0.2) is 17.0 Å². The zero-order valence-electron chi connectivity index (χ0n) is 13.8. The van der Waals surface area contributed by atoms with Gasteiger partial charge in [0.15, 0.2) is 0 Å². The van der Waals surface area contributed by atoms with E-state index in [1.807, 2.05) is 42.5 Å². The van der Waals surface area contributed by atoms with Crippen LogP contribution < -0.4 is 5.32 Å². The summed E-state index contributed by atoms with van der Waals surface area (Å²) >= 11 is 3.41. The molecule has 0 spiro atoms. The first-order valence-electron chi connectivity index (χ1n) is 8.00. The molecule has 0 radical (unpaired) electrons. The van der Waals surface area contributed by atoms with Crippen LogP contribution in [0.1, 0.15) is 11.1 Å². The number of aliphatic carboxylic acids is 1. The number of rotatable bonds is 5. The van der Waals surface area contributed by atoms with E-state index >= 15 is 0 Å². The normalized spacial score (nSPS) is 11.0. The first-order valence-corrected chi connectivity index (χ1v) is 8.79. The second kappa shape index (κ2) is 7.97. The summed E-state index contributed by atoms with van der Waals surface area (Å²) in [4.78, 5) is 23.0. The van der Waals surface area contributed by atoms with Crippen molar-refractivity contribution < 1.29 is 14.7 Å². The molecule has 0 fully saturated rings. The highest BCUT2D eigenvalue weighted by Gasteiger charge is 2.09. The van der Waals surface area contributed by atoms with Crippen molar-refractivity contribution in [3.05, 3.63) is 82.3 Å². The fourth-order valence-corrected chi connectivity index (χ4v) is 3.21. The Morgan fingerprint density at radius 3 is 2.58 bits per heavy atom. The number of amides is 1. The number of nitrogens with one attached hydrogen (secondary N) is 1. The van der Waals surface area contributed by atoms with E-state index in [1.54, 1.807) is 18.2 Å². The van der Waals surface area contributed by atoms with E-state index in [1.165, 1.54) is 6.08 Å². The third-order valence-corrected chi connectivity index (χ3v) is 4.57. The minimum absolute atomic E-state index is 0.115. The van der Waals surface area contributed by atoms with E-state index in [0.717, 1.165) is 28.0 Å². The number of halogens is 1. The molecular formula is C21H16BrNO3. The van der Waals surface area contributed by atoms with Crippen molar-refractivity contribution in [3.63, 3.8) is 0 Å². The maximum Gasteiger partial charge on any atom is 0.328 e. The molecule has 0 saturated heterocycles. The second-order valence-electron chi connectivity index (χ2n) is 5.77. The monoisotopic (exact) mass is 409 g/mol. The van der Waals surface area contributed by atoms with Crippen molar-refractivity contribution in [1.82, 2.24) is 0 Å². The van der Waals surface area contributed by atoms with Crippen molar-refractivity contribution in [2.45, 2.75) is 6.42 Å². The molecule has 2 N–H and O–H groups in total. The van der Waals surface area contributed by atoms with Crippen LogP contribution in [0.5, 0.6) is 0 Å². The van der Waals surface area contributed by atoms with Gasteiger partial charge in [-0.2, -0.15) is 0 Å². The summed E-state index contributed by atoms with van der Waals surface area (Å²) < 4.78 is 0.691. The van der Waals surface area contributed by atoms with Gasteiger partial charge in [-0.05, 0) is 56.0 Å². The van der Waals surface area contributed by atoms with Crippen LogP contribution in [0.15, 0.2) is 71.2 Å². The Labute approximate surface area is 159 Å². The largest absolute Gasteiger partial charge is 0.478 e. The molecule has 0 unspecified atom stereocenters. The van der Waals surface area contributed by atoms with Gasteiger partial charge in [-0.3, -0.25) is 4.79 Å². The average molecular weight is 410 g/mol. The maximum absolute atomic E-state index is 12.5. The molecule has 26 heavy (non-hydrogen) atoms. The van der Waals surface area contributed by atoms with Gasteiger partial charge in [-0.15, -0.1) is 0 Å². The highest BCUT2D eigenvalue weighted by Crippen LogP contribution is 2.25. The summed E-state index contributed by atoms with van der Waals surface area (Å²) in [6, 6.07) is 19.1. The van der Waals surface area contributed by atoms with Crippen molar-refractivity contribution in [2.75, 3.05) is 5.32 Å². The van der Waals surface area contributed by atoms with E-state index < -0.39 is 5.97 Å². The highest BCUT2D eigenvalue weighted by molar-refractivity contribution is 9.10. The fraction of sp³-hybridized carbons (Fsp3) is 0.0476. The predicted molar refractivity (Wildman–Crippen MR) is 107 cm³/mol. The lowest BCUT2D eigenvalue weighted by atomic mass is 10.0. The van der Waals surface area contributed by atoms with E-state index in [9.17, 15) is 9.59 Å². The molecule has 130 valence electrons. The van der Waals surface area contributed by atoms with Gasteiger partial charge >= 0.3 is 5.97 Å². The summed E-state index contributed by atoms with van der Waals surface area (Å²) in [6.45, 7) is 0. The van der Waals surface area contributed by atoms with Gasteiger partial charge in [0.05, 0.1) is 12.1 Å². The first kappa shape index (κ1) is 17.9. The van der Waals surface area contributed by atoms with Crippen LogP contribution in [0.25, 0.3) is 16.8 Å². The van der Waals surface area contributed by atoms with Crippen LogP contribution in [0.2, 0.25) is 0 Å². The molecule has 1 amide bonds. The molecule has 3 rings (SSSR count). The second-order valence-corrected chi connectivity index (χ2v) is 6.63. The quantitative estimate of drug-likeness (QED) is 0.590. The van der Waals surface area contributed by atoms with E-state index in [2.05, 4.69) is 21.2 Å². The Morgan fingerprint density at radius 1 is 1.04 bits per heavy atom. The van der Waals surface area contributed by atoms with Gasteiger partial charge in [0.2, 0.25) is 5.91 Å². The zero-order chi connectivity index (χ0) is 18.5. The van der Waals surface area contributed by atoms with Crippen LogP contribution >= 0.6 is 15.9 Å². The topological polar surface area (TPSA) is 66.4 Å². The van der Waals surface area contributed by atoms with E-state index in [-0.39, 0.29) is 12.3 Å². The molecule has 3 aromatic carbocycles. The number of benzene rings is 3. The Kier molecular flexibility index (Phi) is 5.49. The fourth-order valence-electron chi connectivity index (χ4n) is 2.72. The summed E-state index contributed by atoms with van der Waals surface area (Å²) in [5.74, 6) is -1.12. The molecule has 0 aromatic heterocycles. The standard InChI is InChI=1S/C21H16BrNO3/c22-18-12-14(9-11-21(25)26)8-10-19(18)23-20(24)13-16-6-3-5-15-4-1-2-7-17(15)16/h1-12H,13H2,(H,23,24)(H,25,26)/b11-9+. The molecule has 3 aromatic rings. The smallest absolute Gasteiger partial charge is 0.328 e. The molecule has 0 aliphatic rings. The molecule has 0 atom stereocenters. The molecule has 5 heteroatoms. The average Bonchev–Trinajstić information content (AvgIpc) is 2.62. The van der Waals surface area contributed by atoms with Crippen LogP contribution in [-0.2, 0) is 16.0 Å². The van der Waals surface area contributed by atoms with Gasteiger partial charge in [0.1, 0.15) is 0 Å². The Balaban J connectivity index is 1.74. The number of carboxylic acids is 1. The Hall–Kier alpha value is -2.92. The van der Waals surface area contributed by atoms with Crippen LogP contribution in [0.3, 0.4) is 0 Å². The van der Waals surface area contributed by atoms with Crippen molar-refractivity contribution in [3.8, 4) is 0 Å². The number of anilines is 1. The van der Waals surface area contributed by atoms with E-state index in [0.29, 0.717) is 10.2 Å². The number of carboxylic acid groups (broad SMARTS) is 1. The summed E-state index contributed by atoms with van der Waals surface area (Å²) in [6.07, 6.45) is 2.84. The van der Waals surface area contributed by atoms with Gasteiger partial charge < -0.3 is 10.4 Å². The number of fused-ring (bicyclic) bond motifs is 1. The SMILES string of the molecule is O=C(O)/C=C/c1ccc(NC(=O)Cc2cccc3ccccc23)c(Br)c1. The highest BCUT2D eigenvalue weighted by atomic mass is 79.9. The summed E-state index contributed by atoms with van der Waals surface area (Å²) in [5.41, 5.74) is 2.34. The third-order valence-electron chi connectivity index (χ3n) is 3.92. The maximum atomic E-state index is 12.5. The molecule has 0 saturated carbocycles. The Bertz CT molecular complexity index is 1010. The molecular weight excluding hydrogens is 394 g/mol.